The van der Waals surface area contributed by atoms with Crippen molar-refractivity contribution in [2.24, 2.45) is 11.7 Å². The summed E-state index contributed by atoms with van der Waals surface area (Å²) in [6, 6.07) is 14.0. The van der Waals surface area contributed by atoms with E-state index in [0.29, 0.717) is 30.2 Å². The number of carbonyl (C=O) groups is 1. The van der Waals surface area contributed by atoms with E-state index in [1.54, 1.807) is 6.92 Å². The Morgan fingerprint density at radius 2 is 2.08 bits per heavy atom. The van der Waals surface area contributed by atoms with Crippen molar-refractivity contribution < 1.29 is 13.9 Å². The Labute approximate surface area is 157 Å². The summed E-state index contributed by atoms with van der Waals surface area (Å²) >= 11 is 6.30. The highest BCUT2D eigenvalue weighted by molar-refractivity contribution is 6.31. The van der Waals surface area contributed by atoms with E-state index in [-0.39, 0.29) is 12.6 Å². The van der Waals surface area contributed by atoms with Gasteiger partial charge in [-0.2, -0.15) is 0 Å². The van der Waals surface area contributed by atoms with Crippen LogP contribution in [0.25, 0.3) is 0 Å². The van der Waals surface area contributed by atoms with E-state index in [2.05, 4.69) is 4.90 Å². The lowest BCUT2D eigenvalue weighted by atomic mass is 9.81. The molecule has 1 aliphatic heterocycles. The number of hydrogen-bond acceptors (Lipinski definition) is 4. The second kappa shape index (κ2) is 7.74. The van der Waals surface area contributed by atoms with Crippen molar-refractivity contribution in [3.05, 3.63) is 70.5 Å². The van der Waals surface area contributed by atoms with Gasteiger partial charge in [0.25, 0.3) is 0 Å². The molecule has 0 unspecified atom stereocenters. The van der Waals surface area contributed by atoms with Crippen LogP contribution in [0.2, 0.25) is 5.02 Å². The third kappa shape index (κ3) is 3.75. The van der Waals surface area contributed by atoms with Crippen LogP contribution >= 0.6 is 11.6 Å². The third-order valence-corrected chi connectivity index (χ3v) is 5.13. The summed E-state index contributed by atoms with van der Waals surface area (Å²) in [5, 5.41) is 0.352. The van der Waals surface area contributed by atoms with Gasteiger partial charge in [-0.25, -0.2) is 4.39 Å². The molecule has 2 N–H and O–H groups in total. The Kier molecular flexibility index (Phi) is 5.61. The van der Waals surface area contributed by atoms with E-state index in [9.17, 15) is 9.18 Å². The molecule has 0 saturated carbocycles. The highest BCUT2D eigenvalue weighted by Gasteiger charge is 2.50. The maximum Gasteiger partial charge on any atom is 0.312 e. The molecule has 0 spiro atoms. The highest BCUT2D eigenvalue weighted by atomic mass is 35.5. The minimum Gasteiger partial charge on any atom is -0.466 e. The number of nitrogens with zero attached hydrogens (tertiary/aromatic N) is 1. The average molecular weight is 377 g/mol. The van der Waals surface area contributed by atoms with E-state index in [4.69, 9.17) is 22.1 Å². The Morgan fingerprint density at radius 3 is 2.77 bits per heavy atom. The van der Waals surface area contributed by atoms with Gasteiger partial charge in [0.1, 0.15) is 5.82 Å². The topological polar surface area (TPSA) is 55.6 Å². The van der Waals surface area contributed by atoms with Crippen molar-refractivity contribution in [1.29, 1.82) is 0 Å². The van der Waals surface area contributed by atoms with Crippen molar-refractivity contribution in [3.63, 3.8) is 0 Å². The number of benzene rings is 2. The smallest absolute Gasteiger partial charge is 0.312 e. The number of likely N-dealkylation sites (tertiary alicyclic amines) is 1. The molecule has 1 heterocycles. The summed E-state index contributed by atoms with van der Waals surface area (Å²) in [5.41, 5.74) is 7.12. The second-order valence-corrected chi connectivity index (χ2v) is 7.03. The van der Waals surface area contributed by atoms with Crippen molar-refractivity contribution in [1.82, 2.24) is 4.90 Å². The number of hydrogen-bond donors (Lipinski definition) is 1. The predicted molar refractivity (Wildman–Crippen MR) is 99.1 cm³/mol. The van der Waals surface area contributed by atoms with Crippen molar-refractivity contribution in [3.8, 4) is 0 Å². The summed E-state index contributed by atoms with van der Waals surface area (Å²) < 4.78 is 19.1. The molecule has 26 heavy (non-hydrogen) atoms. The monoisotopic (exact) mass is 376 g/mol. The van der Waals surface area contributed by atoms with Crippen LogP contribution < -0.4 is 5.73 Å². The zero-order chi connectivity index (χ0) is 18.7. The summed E-state index contributed by atoms with van der Waals surface area (Å²) in [5.74, 6) is -1.44. The van der Waals surface area contributed by atoms with Crippen LogP contribution in [0, 0.1) is 11.7 Å². The number of nitrogens with two attached hydrogens (primary N) is 1. The predicted octanol–water partition coefficient (Wildman–Crippen LogP) is 3.33. The van der Waals surface area contributed by atoms with E-state index in [1.807, 2.05) is 30.3 Å². The van der Waals surface area contributed by atoms with E-state index >= 15 is 0 Å². The molecule has 0 aromatic heterocycles. The maximum absolute atomic E-state index is 13.8. The zero-order valence-corrected chi connectivity index (χ0v) is 15.4. The normalized spacial score (nSPS) is 23.2. The van der Waals surface area contributed by atoms with Crippen LogP contribution in [-0.2, 0) is 21.6 Å². The van der Waals surface area contributed by atoms with E-state index in [1.165, 1.54) is 18.2 Å². The first-order valence-electron chi connectivity index (χ1n) is 8.61. The molecule has 0 aliphatic carbocycles. The van der Waals surface area contributed by atoms with Crippen molar-refractivity contribution >= 4 is 17.6 Å². The molecular weight excluding hydrogens is 355 g/mol. The highest BCUT2D eigenvalue weighted by Crippen LogP contribution is 2.39. The lowest BCUT2D eigenvalue weighted by molar-refractivity contribution is -0.149. The average Bonchev–Trinajstić information content (AvgIpc) is 2.95. The van der Waals surface area contributed by atoms with Gasteiger partial charge in [-0.1, -0.05) is 41.9 Å². The largest absolute Gasteiger partial charge is 0.466 e. The molecule has 2 aromatic carbocycles. The van der Waals surface area contributed by atoms with Crippen LogP contribution in [0.5, 0.6) is 0 Å². The molecule has 0 radical (unpaired) electrons. The standard InChI is InChI=1S/C20H22ClFN2O2/c1-2-26-19(25)17-12-24(11-14-6-4-3-5-7-14)13-20(17,23)16-10-15(22)8-9-18(16)21/h3-10,17H,2,11-13,23H2,1H3/t17-,20-/m1/s1. The van der Waals surface area contributed by atoms with Crippen LogP contribution in [0.1, 0.15) is 18.1 Å². The minimum absolute atomic E-state index is 0.265. The van der Waals surface area contributed by atoms with Crippen molar-refractivity contribution in [2.45, 2.75) is 19.0 Å². The second-order valence-electron chi connectivity index (χ2n) is 6.62. The van der Waals surface area contributed by atoms with Crippen molar-refractivity contribution in [2.75, 3.05) is 19.7 Å². The summed E-state index contributed by atoms with van der Waals surface area (Å²) in [6.07, 6.45) is 0. The lowest BCUT2D eigenvalue weighted by Crippen LogP contribution is -2.48. The summed E-state index contributed by atoms with van der Waals surface area (Å²) in [7, 11) is 0. The van der Waals surface area contributed by atoms with E-state index < -0.39 is 17.3 Å². The van der Waals surface area contributed by atoms with Crippen LogP contribution in [0.15, 0.2) is 48.5 Å². The van der Waals surface area contributed by atoms with Gasteiger partial charge in [0.05, 0.1) is 18.1 Å². The van der Waals surface area contributed by atoms with Gasteiger partial charge in [0, 0.05) is 24.7 Å². The Bertz CT molecular complexity index is 787. The number of rotatable bonds is 5. The molecule has 1 fully saturated rings. The fourth-order valence-electron chi connectivity index (χ4n) is 3.58. The molecule has 2 atom stereocenters. The molecule has 0 amide bonds. The molecular formula is C20H22ClFN2O2. The molecule has 6 heteroatoms. The fraction of sp³-hybridized carbons (Fsp3) is 0.350. The molecule has 4 nitrogen and oxygen atoms in total. The SMILES string of the molecule is CCOC(=O)[C@H]1CN(Cc2ccccc2)C[C@@]1(N)c1cc(F)ccc1Cl. The van der Waals surface area contributed by atoms with Gasteiger partial charge in [0.2, 0.25) is 0 Å². The minimum atomic E-state index is -1.11. The number of esters is 1. The van der Waals surface area contributed by atoms with Gasteiger partial charge < -0.3 is 10.5 Å². The molecule has 3 rings (SSSR count). The first-order chi connectivity index (χ1) is 12.4. The summed E-state index contributed by atoms with van der Waals surface area (Å²) in [4.78, 5) is 14.6. The van der Waals surface area contributed by atoms with E-state index in [0.717, 1.165) is 5.56 Å². The van der Waals surface area contributed by atoms with Gasteiger partial charge >= 0.3 is 5.97 Å². The Hall–Kier alpha value is -1.95. The van der Waals surface area contributed by atoms with Gasteiger partial charge in [0.15, 0.2) is 0 Å². The quantitative estimate of drug-likeness (QED) is 0.813. The zero-order valence-electron chi connectivity index (χ0n) is 14.6. The van der Waals surface area contributed by atoms with Crippen LogP contribution in [0.3, 0.4) is 0 Å². The first-order valence-corrected chi connectivity index (χ1v) is 8.99. The Morgan fingerprint density at radius 1 is 1.35 bits per heavy atom. The molecule has 1 aliphatic rings. The lowest BCUT2D eigenvalue weighted by Gasteiger charge is -2.30. The molecule has 2 aromatic rings. The van der Waals surface area contributed by atoms with Gasteiger partial charge in [-0.05, 0) is 36.2 Å². The van der Waals surface area contributed by atoms with Gasteiger partial charge in [-0.3, -0.25) is 9.69 Å². The summed E-state index contributed by atoms with van der Waals surface area (Å²) in [6.45, 7) is 3.47. The third-order valence-electron chi connectivity index (χ3n) is 4.80. The number of halogens is 2. The Balaban J connectivity index is 1.94. The van der Waals surface area contributed by atoms with Crippen LogP contribution in [0.4, 0.5) is 4.39 Å². The molecule has 138 valence electrons. The van der Waals surface area contributed by atoms with Gasteiger partial charge in [-0.15, -0.1) is 0 Å². The van der Waals surface area contributed by atoms with Crippen LogP contribution in [-0.4, -0.2) is 30.6 Å². The maximum atomic E-state index is 13.8. The fourth-order valence-corrected chi connectivity index (χ4v) is 3.88. The molecule has 1 saturated heterocycles. The number of carbonyl (C=O) groups excluding carboxylic acids is 1. The first kappa shape index (κ1) is 18.8. The molecule has 0 bridgehead atoms. The number of ether oxygens (including phenoxy) is 1.